The van der Waals surface area contributed by atoms with E-state index in [0.29, 0.717) is 24.9 Å². The van der Waals surface area contributed by atoms with Crippen LogP contribution >= 0.6 is 0 Å². The van der Waals surface area contributed by atoms with Gasteiger partial charge in [-0.15, -0.1) is 0 Å². The summed E-state index contributed by atoms with van der Waals surface area (Å²) in [7, 11) is -1.75. The molecular formula is C19H20BN3O4. The van der Waals surface area contributed by atoms with Gasteiger partial charge in [-0.2, -0.15) is 0 Å². The zero-order valence-electron chi connectivity index (χ0n) is 14.8. The first-order valence-corrected chi connectivity index (χ1v) is 9.03. The van der Waals surface area contributed by atoms with Gasteiger partial charge in [0.2, 0.25) is 0 Å². The van der Waals surface area contributed by atoms with Crippen LogP contribution in [0.25, 0.3) is 0 Å². The van der Waals surface area contributed by atoms with E-state index in [1.165, 1.54) is 18.2 Å². The summed E-state index contributed by atoms with van der Waals surface area (Å²) in [4.78, 5) is 33.0. The van der Waals surface area contributed by atoms with E-state index >= 15 is 0 Å². The van der Waals surface area contributed by atoms with Crippen LogP contribution in [-0.4, -0.2) is 58.4 Å². The fourth-order valence-corrected chi connectivity index (χ4v) is 4.04. The van der Waals surface area contributed by atoms with Crippen LogP contribution in [0.15, 0.2) is 36.5 Å². The maximum absolute atomic E-state index is 13.1. The summed E-state index contributed by atoms with van der Waals surface area (Å²) in [5, 5.41) is 18.7. The summed E-state index contributed by atoms with van der Waals surface area (Å²) in [5.41, 5.74) is 2.50. The van der Waals surface area contributed by atoms with E-state index in [9.17, 15) is 19.6 Å². The number of aldehydes is 1. The molecule has 0 aliphatic carbocycles. The summed E-state index contributed by atoms with van der Waals surface area (Å²) in [5.74, 6) is -0.192. The van der Waals surface area contributed by atoms with E-state index in [2.05, 4.69) is 16.0 Å². The predicted octanol–water partition coefficient (Wildman–Crippen LogP) is 0.199. The van der Waals surface area contributed by atoms with Crippen molar-refractivity contribution in [1.29, 1.82) is 0 Å². The number of rotatable bonds is 3. The SMILES string of the molecule is O=Cc1cc(C(=O)N2Cc3ncccc3N3CCC[C@H]3C2)ccc1B(O)O. The van der Waals surface area contributed by atoms with E-state index in [1.807, 2.05) is 6.07 Å². The minimum Gasteiger partial charge on any atom is -0.423 e. The Morgan fingerprint density at radius 2 is 2.15 bits per heavy atom. The molecule has 7 nitrogen and oxygen atoms in total. The van der Waals surface area contributed by atoms with Crippen LogP contribution in [0, 0.1) is 0 Å². The van der Waals surface area contributed by atoms with Gasteiger partial charge < -0.3 is 19.8 Å². The molecule has 2 N–H and O–H groups in total. The molecule has 1 aromatic heterocycles. The zero-order chi connectivity index (χ0) is 19.0. The van der Waals surface area contributed by atoms with Crippen LogP contribution in [0.1, 0.15) is 39.3 Å². The second kappa shape index (κ2) is 7.13. The molecule has 27 heavy (non-hydrogen) atoms. The molecule has 2 aliphatic heterocycles. The van der Waals surface area contributed by atoms with Gasteiger partial charge in [0.1, 0.15) is 6.29 Å². The monoisotopic (exact) mass is 365 g/mol. The molecule has 4 rings (SSSR count). The first-order chi connectivity index (χ1) is 13.1. The Morgan fingerprint density at radius 1 is 1.30 bits per heavy atom. The molecule has 1 fully saturated rings. The molecular weight excluding hydrogens is 345 g/mol. The van der Waals surface area contributed by atoms with Crippen molar-refractivity contribution >= 4 is 30.5 Å². The quantitative estimate of drug-likeness (QED) is 0.596. The predicted molar refractivity (Wildman–Crippen MR) is 101 cm³/mol. The average molecular weight is 365 g/mol. The lowest BCUT2D eigenvalue weighted by molar-refractivity contribution is 0.0736. The molecule has 0 bridgehead atoms. The van der Waals surface area contributed by atoms with E-state index in [4.69, 9.17) is 0 Å². The summed E-state index contributed by atoms with van der Waals surface area (Å²) >= 11 is 0. The molecule has 138 valence electrons. The first kappa shape index (κ1) is 17.7. The van der Waals surface area contributed by atoms with Crippen LogP contribution in [0.5, 0.6) is 0 Å². The van der Waals surface area contributed by atoms with Gasteiger partial charge in [-0.1, -0.05) is 6.07 Å². The molecule has 3 heterocycles. The Balaban J connectivity index is 1.67. The third-order valence-corrected chi connectivity index (χ3v) is 5.35. The number of nitrogens with zero attached hydrogens (tertiary/aromatic N) is 3. The molecule has 1 atom stereocenters. The minimum atomic E-state index is -1.75. The van der Waals surface area contributed by atoms with Crippen molar-refractivity contribution in [2.45, 2.75) is 25.4 Å². The van der Waals surface area contributed by atoms with Gasteiger partial charge >= 0.3 is 7.12 Å². The first-order valence-electron chi connectivity index (χ1n) is 9.03. The summed E-state index contributed by atoms with van der Waals surface area (Å²) in [6, 6.07) is 8.58. The second-order valence-electron chi connectivity index (χ2n) is 6.98. The Labute approximate surface area is 157 Å². The standard InChI is InChI=1S/C19H20BN3O4/c24-12-14-9-13(5-6-16(14)20(26)27)19(25)22-10-15-3-2-8-23(15)18-4-1-7-21-17(18)11-22/h1,4-7,9,12,15,26-27H,2-3,8,10-11H2/t15-/m0/s1. The van der Waals surface area contributed by atoms with Crippen LogP contribution in [0.2, 0.25) is 0 Å². The molecule has 1 aromatic carbocycles. The Bertz CT molecular complexity index is 889. The Morgan fingerprint density at radius 3 is 2.93 bits per heavy atom. The fraction of sp³-hybridized carbons (Fsp3) is 0.316. The number of hydrogen-bond donors (Lipinski definition) is 2. The Hall–Kier alpha value is -2.71. The van der Waals surface area contributed by atoms with Crippen molar-refractivity contribution in [3.05, 3.63) is 53.3 Å². The van der Waals surface area contributed by atoms with Crippen LogP contribution in [-0.2, 0) is 6.54 Å². The molecule has 0 saturated carbocycles. The van der Waals surface area contributed by atoms with Crippen LogP contribution in [0.4, 0.5) is 5.69 Å². The van der Waals surface area contributed by atoms with Crippen LogP contribution < -0.4 is 10.4 Å². The van der Waals surface area contributed by atoms with Crippen molar-refractivity contribution in [3.8, 4) is 0 Å². The Kier molecular flexibility index (Phi) is 4.67. The highest BCUT2D eigenvalue weighted by atomic mass is 16.4. The molecule has 2 aliphatic rings. The number of hydrogen-bond acceptors (Lipinski definition) is 6. The van der Waals surface area contributed by atoms with E-state index < -0.39 is 7.12 Å². The van der Waals surface area contributed by atoms with Gasteiger partial charge in [0.15, 0.2) is 0 Å². The molecule has 0 radical (unpaired) electrons. The maximum atomic E-state index is 13.1. The molecule has 0 unspecified atom stereocenters. The lowest BCUT2D eigenvalue weighted by Crippen LogP contribution is -2.40. The van der Waals surface area contributed by atoms with Gasteiger partial charge in [-0.25, -0.2) is 0 Å². The number of benzene rings is 1. The molecule has 0 spiro atoms. The topological polar surface area (TPSA) is 94.0 Å². The number of amides is 1. The summed E-state index contributed by atoms with van der Waals surface area (Å²) in [6.07, 6.45) is 4.37. The van der Waals surface area contributed by atoms with E-state index in [1.54, 1.807) is 11.1 Å². The third-order valence-electron chi connectivity index (χ3n) is 5.35. The largest absolute Gasteiger partial charge is 0.489 e. The lowest BCUT2D eigenvalue weighted by Gasteiger charge is -2.27. The minimum absolute atomic E-state index is 0.0893. The fourth-order valence-electron chi connectivity index (χ4n) is 4.04. The highest BCUT2D eigenvalue weighted by molar-refractivity contribution is 6.60. The average Bonchev–Trinajstić information content (AvgIpc) is 3.08. The van der Waals surface area contributed by atoms with Gasteiger partial charge in [-0.05, 0) is 42.6 Å². The van der Waals surface area contributed by atoms with E-state index in [0.717, 1.165) is 30.8 Å². The zero-order valence-corrected chi connectivity index (χ0v) is 14.8. The number of anilines is 1. The van der Waals surface area contributed by atoms with Crippen molar-refractivity contribution < 1.29 is 19.6 Å². The second-order valence-corrected chi connectivity index (χ2v) is 6.98. The van der Waals surface area contributed by atoms with Crippen molar-refractivity contribution in [3.63, 3.8) is 0 Å². The number of fused-ring (bicyclic) bond motifs is 3. The van der Waals surface area contributed by atoms with Gasteiger partial charge in [-0.3, -0.25) is 14.6 Å². The van der Waals surface area contributed by atoms with E-state index in [-0.39, 0.29) is 23.0 Å². The molecule has 2 aromatic rings. The van der Waals surface area contributed by atoms with Crippen molar-refractivity contribution in [1.82, 2.24) is 9.88 Å². The van der Waals surface area contributed by atoms with Crippen LogP contribution in [0.3, 0.4) is 0 Å². The summed E-state index contributed by atoms with van der Waals surface area (Å²) in [6.45, 7) is 1.96. The van der Waals surface area contributed by atoms with Gasteiger partial charge in [0.05, 0.1) is 17.9 Å². The maximum Gasteiger partial charge on any atom is 0.489 e. The summed E-state index contributed by atoms with van der Waals surface area (Å²) < 4.78 is 0. The highest BCUT2D eigenvalue weighted by Crippen LogP contribution is 2.32. The smallest absolute Gasteiger partial charge is 0.423 e. The number of carbonyl (C=O) groups is 2. The van der Waals surface area contributed by atoms with Crippen molar-refractivity contribution in [2.75, 3.05) is 18.0 Å². The molecule has 1 saturated heterocycles. The molecule has 8 heteroatoms. The number of aromatic nitrogens is 1. The number of carbonyl (C=O) groups excluding carboxylic acids is 2. The lowest BCUT2D eigenvalue weighted by atomic mass is 9.77. The third kappa shape index (κ3) is 3.22. The van der Waals surface area contributed by atoms with Crippen molar-refractivity contribution in [2.24, 2.45) is 0 Å². The van der Waals surface area contributed by atoms with Gasteiger partial charge in [0.25, 0.3) is 5.91 Å². The van der Waals surface area contributed by atoms with Gasteiger partial charge in [0, 0.05) is 36.5 Å². The highest BCUT2D eigenvalue weighted by Gasteiger charge is 2.34. The number of pyridine rings is 1. The molecule has 1 amide bonds. The normalized spacial score (nSPS) is 18.5.